The van der Waals surface area contributed by atoms with E-state index in [0.717, 1.165) is 5.69 Å². The van der Waals surface area contributed by atoms with E-state index in [9.17, 15) is 0 Å². The van der Waals surface area contributed by atoms with Crippen LogP contribution in [0.4, 0.5) is 0 Å². The topological polar surface area (TPSA) is 9.86 Å². The SMILES string of the molecule is c1ccc(-c2cccc(-c3cccc(-n4c5ccccc5c5ccc(-c6ccc7c(c6)c6ccccc6n7-c6ccccc6)cc54)c3)c2)cc1. The second kappa shape index (κ2) is 11.5. The van der Waals surface area contributed by atoms with Gasteiger partial charge in [-0.2, -0.15) is 0 Å². The molecule has 0 aliphatic heterocycles. The minimum absolute atomic E-state index is 1.15. The van der Waals surface area contributed by atoms with Crippen LogP contribution in [0, 0.1) is 0 Å². The number of hydrogen-bond acceptors (Lipinski definition) is 0. The third kappa shape index (κ3) is 4.57. The highest BCUT2D eigenvalue weighted by Gasteiger charge is 2.16. The summed E-state index contributed by atoms with van der Waals surface area (Å²) in [7, 11) is 0. The summed E-state index contributed by atoms with van der Waals surface area (Å²) in [5, 5.41) is 5.03. The molecule has 0 N–H and O–H groups in total. The first kappa shape index (κ1) is 28.4. The summed E-state index contributed by atoms with van der Waals surface area (Å²) >= 11 is 0. The van der Waals surface area contributed by atoms with Crippen LogP contribution in [0.5, 0.6) is 0 Å². The van der Waals surface area contributed by atoms with Crippen molar-refractivity contribution in [2.75, 3.05) is 0 Å². The minimum Gasteiger partial charge on any atom is -0.309 e. The van der Waals surface area contributed by atoms with E-state index in [1.165, 1.54) is 82.7 Å². The van der Waals surface area contributed by atoms with E-state index < -0.39 is 0 Å². The first-order chi connectivity index (χ1) is 24.8. The van der Waals surface area contributed by atoms with E-state index in [4.69, 9.17) is 0 Å². The van der Waals surface area contributed by atoms with Crippen LogP contribution in [0.2, 0.25) is 0 Å². The summed E-state index contributed by atoms with van der Waals surface area (Å²) in [4.78, 5) is 0. The van der Waals surface area contributed by atoms with Crippen molar-refractivity contribution >= 4 is 43.6 Å². The summed E-state index contributed by atoms with van der Waals surface area (Å²) in [5.74, 6) is 0. The zero-order chi connectivity index (χ0) is 33.0. The molecule has 0 amide bonds. The first-order valence-corrected chi connectivity index (χ1v) is 17.2. The van der Waals surface area contributed by atoms with Crippen molar-refractivity contribution in [2.45, 2.75) is 0 Å². The molecule has 0 saturated heterocycles. The average Bonchev–Trinajstić information content (AvgIpc) is 3.71. The molecule has 0 aliphatic carbocycles. The Bertz CT molecular complexity index is 2860. The van der Waals surface area contributed by atoms with Gasteiger partial charge in [0.1, 0.15) is 0 Å². The molecule has 0 fully saturated rings. The van der Waals surface area contributed by atoms with Crippen molar-refractivity contribution in [1.29, 1.82) is 0 Å². The van der Waals surface area contributed by atoms with Crippen molar-refractivity contribution in [3.05, 3.63) is 194 Å². The number of hydrogen-bond donors (Lipinski definition) is 0. The highest BCUT2D eigenvalue weighted by atomic mass is 15.0. The molecule has 8 aromatic carbocycles. The van der Waals surface area contributed by atoms with E-state index in [-0.39, 0.29) is 0 Å². The Labute approximate surface area is 290 Å². The second-order valence-electron chi connectivity index (χ2n) is 13.0. The Morgan fingerprint density at radius 2 is 0.680 bits per heavy atom. The Morgan fingerprint density at radius 1 is 0.220 bits per heavy atom. The van der Waals surface area contributed by atoms with Crippen LogP contribution in [-0.2, 0) is 0 Å². The predicted molar refractivity (Wildman–Crippen MR) is 211 cm³/mol. The summed E-state index contributed by atoms with van der Waals surface area (Å²) < 4.78 is 4.80. The van der Waals surface area contributed by atoms with Crippen LogP contribution in [0.1, 0.15) is 0 Å². The lowest BCUT2D eigenvalue weighted by atomic mass is 9.99. The lowest BCUT2D eigenvalue weighted by Gasteiger charge is -2.12. The molecule has 0 bridgehead atoms. The van der Waals surface area contributed by atoms with Gasteiger partial charge in [0.2, 0.25) is 0 Å². The lowest BCUT2D eigenvalue weighted by molar-refractivity contribution is 1.18. The van der Waals surface area contributed by atoms with E-state index >= 15 is 0 Å². The van der Waals surface area contributed by atoms with Gasteiger partial charge >= 0.3 is 0 Å². The van der Waals surface area contributed by atoms with Gasteiger partial charge in [0.25, 0.3) is 0 Å². The molecule has 2 nitrogen and oxygen atoms in total. The molecule has 10 rings (SSSR count). The summed E-state index contributed by atoms with van der Waals surface area (Å²) in [5.41, 5.74) is 14.4. The maximum Gasteiger partial charge on any atom is 0.0547 e. The number of benzene rings is 8. The van der Waals surface area contributed by atoms with E-state index in [0.29, 0.717) is 0 Å². The van der Waals surface area contributed by atoms with Crippen LogP contribution in [-0.4, -0.2) is 9.13 Å². The van der Waals surface area contributed by atoms with Crippen LogP contribution in [0.25, 0.3) is 88.4 Å². The fourth-order valence-electron chi connectivity index (χ4n) is 7.77. The van der Waals surface area contributed by atoms with Gasteiger partial charge in [-0.1, -0.05) is 133 Å². The molecule has 2 heteroatoms. The fraction of sp³-hybridized carbons (Fsp3) is 0. The molecule has 0 spiro atoms. The Kier molecular flexibility index (Phi) is 6.53. The van der Waals surface area contributed by atoms with Gasteiger partial charge in [0.05, 0.1) is 22.1 Å². The molecule has 2 aromatic heterocycles. The highest BCUT2D eigenvalue weighted by Crippen LogP contribution is 2.39. The summed E-state index contributed by atoms with van der Waals surface area (Å²) in [6.45, 7) is 0. The second-order valence-corrected chi connectivity index (χ2v) is 13.0. The van der Waals surface area contributed by atoms with Gasteiger partial charge in [-0.15, -0.1) is 0 Å². The zero-order valence-electron chi connectivity index (χ0n) is 27.4. The molecule has 10 aromatic rings. The molecular formula is C48H32N2. The molecule has 0 atom stereocenters. The number of rotatable bonds is 5. The van der Waals surface area contributed by atoms with E-state index in [2.05, 4.69) is 203 Å². The monoisotopic (exact) mass is 636 g/mol. The number of fused-ring (bicyclic) bond motifs is 6. The van der Waals surface area contributed by atoms with Gasteiger partial charge in [-0.05, 0) is 94.0 Å². The Hall–Kier alpha value is -6.64. The van der Waals surface area contributed by atoms with Gasteiger partial charge in [-0.25, -0.2) is 0 Å². The average molecular weight is 637 g/mol. The standard InChI is InChI=1S/C48H32N2/c1-3-13-33(14-4-1)34-15-11-16-35(29-34)36-17-12-20-40(30-36)50-45-23-9-7-21-41(45)43-27-25-38(32-48(43)50)37-26-28-47-44(31-37)42-22-8-10-24-46(42)49(47)39-18-5-2-6-19-39/h1-32H. The first-order valence-electron chi connectivity index (χ1n) is 17.2. The molecule has 0 unspecified atom stereocenters. The van der Waals surface area contributed by atoms with Crippen molar-refractivity contribution in [3.63, 3.8) is 0 Å². The van der Waals surface area contributed by atoms with Gasteiger partial charge < -0.3 is 9.13 Å². The Morgan fingerprint density at radius 3 is 1.44 bits per heavy atom. The predicted octanol–water partition coefficient (Wildman–Crippen LogP) is 12.9. The molecule has 0 aliphatic rings. The number of para-hydroxylation sites is 3. The van der Waals surface area contributed by atoms with Crippen LogP contribution in [0.3, 0.4) is 0 Å². The Balaban J connectivity index is 1.13. The number of aromatic nitrogens is 2. The maximum atomic E-state index is 2.43. The van der Waals surface area contributed by atoms with Crippen molar-refractivity contribution in [2.24, 2.45) is 0 Å². The molecule has 0 saturated carbocycles. The third-order valence-electron chi connectivity index (χ3n) is 10.1. The lowest BCUT2D eigenvalue weighted by Crippen LogP contribution is -1.95. The molecular weight excluding hydrogens is 605 g/mol. The third-order valence-corrected chi connectivity index (χ3v) is 10.1. The van der Waals surface area contributed by atoms with E-state index in [1.807, 2.05) is 0 Å². The molecule has 50 heavy (non-hydrogen) atoms. The zero-order valence-corrected chi connectivity index (χ0v) is 27.4. The largest absolute Gasteiger partial charge is 0.309 e. The molecule has 234 valence electrons. The van der Waals surface area contributed by atoms with Gasteiger partial charge in [-0.3, -0.25) is 0 Å². The summed E-state index contributed by atoms with van der Waals surface area (Å²) in [6.07, 6.45) is 0. The summed E-state index contributed by atoms with van der Waals surface area (Å²) in [6, 6.07) is 70.4. The van der Waals surface area contributed by atoms with Crippen molar-refractivity contribution < 1.29 is 0 Å². The van der Waals surface area contributed by atoms with Crippen LogP contribution in [0.15, 0.2) is 194 Å². The van der Waals surface area contributed by atoms with Crippen LogP contribution >= 0.6 is 0 Å². The van der Waals surface area contributed by atoms with Crippen molar-refractivity contribution in [3.8, 4) is 44.8 Å². The van der Waals surface area contributed by atoms with E-state index in [1.54, 1.807) is 0 Å². The highest BCUT2D eigenvalue weighted by molar-refractivity contribution is 6.12. The minimum atomic E-state index is 1.15. The smallest absolute Gasteiger partial charge is 0.0547 e. The van der Waals surface area contributed by atoms with Gasteiger partial charge in [0.15, 0.2) is 0 Å². The fourth-order valence-corrected chi connectivity index (χ4v) is 7.77. The number of nitrogens with zero attached hydrogens (tertiary/aromatic N) is 2. The molecule has 0 radical (unpaired) electrons. The van der Waals surface area contributed by atoms with Crippen molar-refractivity contribution in [1.82, 2.24) is 9.13 Å². The van der Waals surface area contributed by atoms with Gasteiger partial charge in [0, 0.05) is 32.9 Å². The normalized spacial score (nSPS) is 11.6. The molecule has 2 heterocycles. The quantitative estimate of drug-likeness (QED) is 0.178. The maximum absolute atomic E-state index is 2.43. The van der Waals surface area contributed by atoms with Crippen LogP contribution < -0.4 is 0 Å².